The molecule has 2 unspecified atom stereocenters. The summed E-state index contributed by atoms with van der Waals surface area (Å²) in [5.41, 5.74) is -2.18. The van der Waals surface area contributed by atoms with Crippen LogP contribution in [0, 0.1) is 11.8 Å². The van der Waals surface area contributed by atoms with Gasteiger partial charge in [-0.1, -0.05) is 51.3 Å². The van der Waals surface area contributed by atoms with Crippen LogP contribution in [0.25, 0.3) is 0 Å². The van der Waals surface area contributed by atoms with Gasteiger partial charge in [-0.15, -0.1) is 0 Å². The molecule has 0 aromatic rings. The van der Waals surface area contributed by atoms with Crippen LogP contribution in [0.5, 0.6) is 0 Å². The predicted molar refractivity (Wildman–Crippen MR) is 130 cm³/mol. The third-order valence-corrected chi connectivity index (χ3v) is 8.27. The van der Waals surface area contributed by atoms with Crippen LogP contribution in [-0.2, 0) is 23.9 Å². The van der Waals surface area contributed by atoms with E-state index in [2.05, 4.69) is 6.92 Å². The van der Waals surface area contributed by atoms with Gasteiger partial charge in [-0.3, -0.25) is 14.4 Å². The van der Waals surface area contributed by atoms with E-state index in [1.165, 1.54) is 0 Å². The van der Waals surface area contributed by atoms with E-state index in [0.717, 1.165) is 38.5 Å². The Labute approximate surface area is 208 Å². The number of carbonyl (C=O) groups excluding carboxylic acids is 3. The number of cyclic esters (lactones) is 1. The van der Waals surface area contributed by atoms with Crippen molar-refractivity contribution in [1.82, 2.24) is 9.80 Å². The largest absolute Gasteiger partial charge is 0.461 e. The number of fused-ring (bicyclic) bond motifs is 2. The van der Waals surface area contributed by atoms with Crippen LogP contribution >= 0.6 is 0 Å². The molecule has 6 atom stereocenters. The summed E-state index contributed by atoms with van der Waals surface area (Å²) in [7, 11) is 0. The number of nitrogens with zero attached hydrogens (tertiary/aromatic N) is 2. The second-order valence-corrected chi connectivity index (χ2v) is 10.4. The van der Waals surface area contributed by atoms with Crippen molar-refractivity contribution in [1.29, 1.82) is 0 Å². The van der Waals surface area contributed by atoms with Gasteiger partial charge in [0.15, 0.2) is 0 Å². The highest BCUT2D eigenvalue weighted by Crippen LogP contribution is 2.58. The maximum Gasteiger partial charge on any atom is 0.313 e. The van der Waals surface area contributed by atoms with Crippen molar-refractivity contribution >= 4 is 17.8 Å². The SMILES string of the molecule is CCCC(C)N1CC=C[C@]23O[C@]4(CC)C=CCOC(=O)[C@@H]4[C@H]2C(=O)N(CCCCCCO)C3C1=O. The highest BCUT2D eigenvalue weighted by Gasteiger charge is 2.75. The number of aliphatic hydroxyl groups excluding tert-OH is 1. The van der Waals surface area contributed by atoms with Crippen molar-refractivity contribution in [3.8, 4) is 0 Å². The zero-order chi connectivity index (χ0) is 25.2. The lowest BCUT2D eigenvalue weighted by atomic mass is 9.73. The van der Waals surface area contributed by atoms with Crippen LogP contribution in [0.15, 0.2) is 24.3 Å². The molecule has 0 bridgehead atoms. The smallest absolute Gasteiger partial charge is 0.313 e. The second kappa shape index (κ2) is 10.4. The van der Waals surface area contributed by atoms with Crippen molar-refractivity contribution in [2.45, 2.75) is 89.0 Å². The van der Waals surface area contributed by atoms with E-state index in [0.29, 0.717) is 19.5 Å². The summed E-state index contributed by atoms with van der Waals surface area (Å²) < 4.78 is 12.3. The first-order valence-corrected chi connectivity index (χ1v) is 13.3. The number of likely N-dealkylation sites (tertiary alicyclic amines) is 1. The zero-order valence-electron chi connectivity index (χ0n) is 21.3. The highest BCUT2D eigenvalue weighted by atomic mass is 16.6. The van der Waals surface area contributed by atoms with Crippen LogP contribution in [-0.4, -0.2) is 82.3 Å². The third kappa shape index (κ3) is 4.22. The first-order chi connectivity index (χ1) is 16.9. The molecule has 0 aromatic carbocycles. The molecular formula is C27H40N2O6. The van der Waals surface area contributed by atoms with E-state index >= 15 is 0 Å². The fourth-order valence-electron chi connectivity index (χ4n) is 6.57. The topological polar surface area (TPSA) is 96.4 Å². The van der Waals surface area contributed by atoms with E-state index in [1.807, 2.05) is 37.0 Å². The van der Waals surface area contributed by atoms with E-state index in [9.17, 15) is 14.4 Å². The van der Waals surface area contributed by atoms with Gasteiger partial charge in [0.05, 0.1) is 5.92 Å². The molecule has 4 aliphatic heterocycles. The Kier molecular flexibility index (Phi) is 7.71. The first-order valence-electron chi connectivity index (χ1n) is 13.3. The molecule has 4 aliphatic rings. The van der Waals surface area contributed by atoms with Crippen LogP contribution in [0.2, 0.25) is 0 Å². The normalized spacial score (nSPS) is 34.9. The summed E-state index contributed by atoms with van der Waals surface area (Å²) in [6.07, 6.45) is 13.0. The number of unbranched alkanes of at least 4 members (excludes halogenated alkanes) is 3. The Morgan fingerprint density at radius 3 is 2.54 bits per heavy atom. The lowest BCUT2D eigenvalue weighted by Gasteiger charge is -2.39. The van der Waals surface area contributed by atoms with Gasteiger partial charge < -0.3 is 24.4 Å². The molecule has 8 heteroatoms. The van der Waals surface area contributed by atoms with Crippen LogP contribution in [0.4, 0.5) is 0 Å². The van der Waals surface area contributed by atoms with Gasteiger partial charge >= 0.3 is 5.97 Å². The summed E-state index contributed by atoms with van der Waals surface area (Å²) in [6, 6.07) is -0.780. The first kappa shape index (κ1) is 25.9. The van der Waals surface area contributed by atoms with E-state index in [1.54, 1.807) is 11.0 Å². The summed E-state index contributed by atoms with van der Waals surface area (Å²) in [5.74, 6) is -2.34. The van der Waals surface area contributed by atoms with Gasteiger partial charge in [0.2, 0.25) is 11.8 Å². The number of carbonyl (C=O) groups is 3. The molecule has 8 nitrogen and oxygen atoms in total. The monoisotopic (exact) mass is 488 g/mol. The fraction of sp³-hybridized carbons (Fsp3) is 0.741. The van der Waals surface area contributed by atoms with Gasteiger partial charge in [-0.2, -0.15) is 0 Å². The molecule has 35 heavy (non-hydrogen) atoms. The molecule has 1 spiro atoms. The average molecular weight is 489 g/mol. The van der Waals surface area contributed by atoms with Crippen molar-refractivity contribution in [3.63, 3.8) is 0 Å². The summed E-state index contributed by atoms with van der Waals surface area (Å²) >= 11 is 0. The van der Waals surface area contributed by atoms with Gasteiger partial charge in [-0.25, -0.2) is 0 Å². The Hall–Kier alpha value is -2.19. The molecule has 194 valence electrons. The van der Waals surface area contributed by atoms with Crippen molar-refractivity contribution < 1.29 is 29.0 Å². The summed E-state index contributed by atoms with van der Waals surface area (Å²) in [6.45, 7) is 7.27. The number of hydrogen-bond donors (Lipinski definition) is 1. The molecule has 0 radical (unpaired) electrons. The quantitative estimate of drug-likeness (QED) is 0.289. The van der Waals surface area contributed by atoms with Crippen molar-refractivity contribution in [3.05, 3.63) is 24.3 Å². The molecule has 2 fully saturated rings. The van der Waals surface area contributed by atoms with E-state index < -0.39 is 35.0 Å². The number of hydrogen-bond acceptors (Lipinski definition) is 6. The number of esters is 1. The number of ether oxygens (including phenoxy) is 2. The van der Waals surface area contributed by atoms with Gasteiger partial charge in [0, 0.05) is 25.7 Å². The zero-order valence-corrected chi connectivity index (χ0v) is 21.3. The maximum absolute atomic E-state index is 14.2. The number of aliphatic hydroxyl groups is 1. The molecule has 4 heterocycles. The van der Waals surface area contributed by atoms with Crippen molar-refractivity contribution in [2.75, 3.05) is 26.3 Å². The predicted octanol–water partition coefficient (Wildman–Crippen LogP) is 2.60. The highest BCUT2D eigenvalue weighted by molar-refractivity contribution is 5.99. The number of rotatable bonds is 10. The Balaban J connectivity index is 1.75. The van der Waals surface area contributed by atoms with Gasteiger partial charge in [0.1, 0.15) is 29.8 Å². The van der Waals surface area contributed by atoms with E-state index in [-0.39, 0.29) is 31.1 Å². The molecule has 0 aromatic heterocycles. The Morgan fingerprint density at radius 1 is 1.06 bits per heavy atom. The molecule has 2 saturated heterocycles. The van der Waals surface area contributed by atoms with Crippen molar-refractivity contribution in [2.24, 2.45) is 11.8 Å². The minimum Gasteiger partial charge on any atom is -0.461 e. The van der Waals surface area contributed by atoms with E-state index in [4.69, 9.17) is 14.6 Å². The molecule has 0 aliphatic carbocycles. The standard InChI is InChI=1S/C27H40N2O6/c1-4-12-19(3)28-16-10-14-27-20(21-25(33)34-18-11-13-26(21,5-2)35-27)23(31)29(22(27)24(28)32)15-8-6-7-9-17-30/h10-11,13-14,19-22,30H,4-9,12,15-18H2,1-3H3/t19?,20-,21-,22?,26+,27-/m0/s1. The maximum atomic E-state index is 14.2. The van der Waals surface area contributed by atoms with Gasteiger partial charge in [0.25, 0.3) is 0 Å². The summed E-state index contributed by atoms with van der Waals surface area (Å²) in [4.78, 5) is 45.0. The Bertz CT molecular complexity index is 887. The minimum atomic E-state index is -1.21. The van der Waals surface area contributed by atoms with Gasteiger partial charge in [-0.05, 0) is 38.7 Å². The van der Waals surface area contributed by atoms with Crippen LogP contribution in [0.1, 0.15) is 65.7 Å². The molecule has 0 saturated carbocycles. The average Bonchev–Trinajstić information content (AvgIpc) is 3.10. The van der Waals surface area contributed by atoms with Crippen LogP contribution < -0.4 is 0 Å². The lowest BCUT2D eigenvalue weighted by Crippen LogP contribution is -2.57. The lowest BCUT2D eigenvalue weighted by molar-refractivity contribution is -0.159. The fourth-order valence-corrected chi connectivity index (χ4v) is 6.57. The minimum absolute atomic E-state index is 0.0322. The molecular weight excluding hydrogens is 448 g/mol. The Morgan fingerprint density at radius 2 is 1.83 bits per heavy atom. The second-order valence-electron chi connectivity index (χ2n) is 10.4. The van der Waals surface area contributed by atoms with Crippen LogP contribution in [0.3, 0.4) is 0 Å². The number of amides is 2. The third-order valence-electron chi connectivity index (χ3n) is 8.27. The molecule has 1 N–H and O–H groups in total. The summed E-state index contributed by atoms with van der Waals surface area (Å²) in [5, 5.41) is 9.09. The molecule has 4 rings (SSSR count). The molecule has 2 amide bonds.